The van der Waals surface area contributed by atoms with Crippen molar-refractivity contribution in [2.75, 3.05) is 13.1 Å². The molecule has 0 amide bonds. The van der Waals surface area contributed by atoms with E-state index in [1.807, 2.05) is 0 Å². The number of hydrogen-bond donors (Lipinski definition) is 1. The fourth-order valence-corrected chi connectivity index (χ4v) is 4.11. The molecule has 1 heterocycles. The van der Waals surface area contributed by atoms with Crippen LogP contribution in [0.3, 0.4) is 0 Å². The second-order valence-electron chi connectivity index (χ2n) is 8.76. The first-order chi connectivity index (χ1) is 9.29. The summed E-state index contributed by atoms with van der Waals surface area (Å²) in [5.74, 6) is 1.67. The van der Waals surface area contributed by atoms with Gasteiger partial charge < -0.3 is 5.32 Å². The van der Waals surface area contributed by atoms with Crippen LogP contribution >= 0.6 is 0 Å². The Bertz CT molecular complexity index is 305. The van der Waals surface area contributed by atoms with Gasteiger partial charge in [-0.2, -0.15) is 0 Å². The summed E-state index contributed by atoms with van der Waals surface area (Å²) in [4.78, 5) is 2.88. The third kappa shape index (κ3) is 3.76. The first-order valence-electron chi connectivity index (χ1n) is 8.78. The fourth-order valence-electron chi connectivity index (χ4n) is 4.11. The third-order valence-electron chi connectivity index (χ3n) is 5.59. The maximum absolute atomic E-state index is 3.83. The molecule has 2 heteroatoms. The SMILES string of the molecule is CC1CCCC(N2CC(C(C)(C)C)NCC2C(C)C)C1. The summed E-state index contributed by atoms with van der Waals surface area (Å²) >= 11 is 0. The summed E-state index contributed by atoms with van der Waals surface area (Å²) in [5.41, 5.74) is 0.362. The van der Waals surface area contributed by atoms with Gasteiger partial charge in [0.2, 0.25) is 0 Å². The highest BCUT2D eigenvalue weighted by molar-refractivity contribution is 4.96. The van der Waals surface area contributed by atoms with E-state index in [2.05, 4.69) is 51.8 Å². The molecule has 1 saturated carbocycles. The van der Waals surface area contributed by atoms with Crippen molar-refractivity contribution in [2.24, 2.45) is 17.3 Å². The largest absolute Gasteiger partial charge is 0.311 e. The molecule has 4 atom stereocenters. The van der Waals surface area contributed by atoms with E-state index in [4.69, 9.17) is 0 Å². The second-order valence-corrected chi connectivity index (χ2v) is 8.76. The van der Waals surface area contributed by atoms with E-state index in [0.29, 0.717) is 11.5 Å². The predicted molar refractivity (Wildman–Crippen MR) is 88.0 cm³/mol. The number of rotatable bonds is 2. The molecule has 2 rings (SSSR count). The van der Waals surface area contributed by atoms with E-state index in [-0.39, 0.29) is 0 Å². The lowest BCUT2D eigenvalue weighted by atomic mass is 9.80. The van der Waals surface area contributed by atoms with Crippen molar-refractivity contribution in [3.8, 4) is 0 Å². The zero-order valence-corrected chi connectivity index (χ0v) is 14.6. The molecule has 1 N–H and O–H groups in total. The standard InChI is InChI=1S/C18H36N2/c1-13(2)16-11-19-17(18(4,5)6)12-20(16)15-9-7-8-14(3)10-15/h13-17,19H,7-12H2,1-6H3. The minimum absolute atomic E-state index is 0.362. The van der Waals surface area contributed by atoms with Gasteiger partial charge in [0.25, 0.3) is 0 Å². The van der Waals surface area contributed by atoms with Crippen LogP contribution in [-0.2, 0) is 0 Å². The zero-order chi connectivity index (χ0) is 14.9. The van der Waals surface area contributed by atoms with E-state index in [0.717, 1.165) is 23.9 Å². The topological polar surface area (TPSA) is 15.3 Å². The lowest BCUT2D eigenvalue weighted by Crippen LogP contribution is -2.64. The number of nitrogens with zero attached hydrogens (tertiary/aromatic N) is 1. The Morgan fingerprint density at radius 1 is 1.15 bits per heavy atom. The molecule has 118 valence electrons. The van der Waals surface area contributed by atoms with Crippen LogP contribution in [0, 0.1) is 17.3 Å². The van der Waals surface area contributed by atoms with Crippen molar-refractivity contribution in [1.29, 1.82) is 0 Å². The fraction of sp³-hybridized carbons (Fsp3) is 1.00. The van der Waals surface area contributed by atoms with Gasteiger partial charge in [0, 0.05) is 31.2 Å². The second kappa shape index (κ2) is 6.36. The summed E-state index contributed by atoms with van der Waals surface area (Å²) in [6, 6.07) is 2.19. The van der Waals surface area contributed by atoms with Gasteiger partial charge >= 0.3 is 0 Å². The van der Waals surface area contributed by atoms with Gasteiger partial charge in [0.05, 0.1) is 0 Å². The van der Waals surface area contributed by atoms with E-state index in [1.54, 1.807) is 0 Å². The van der Waals surface area contributed by atoms with Crippen molar-refractivity contribution in [3.63, 3.8) is 0 Å². The van der Waals surface area contributed by atoms with Gasteiger partial charge in [-0.15, -0.1) is 0 Å². The Kier molecular flexibility index (Phi) is 5.18. The Morgan fingerprint density at radius 2 is 1.85 bits per heavy atom. The molecule has 0 spiro atoms. The monoisotopic (exact) mass is 280 g/mol. The maximum Gasteiger partial charge on any atom is 0.0247 e. The minimum Gasteiger partial charge on any atom is -0.311 e. The summed E-state index contributed by atoms with van der Waals surface area (Å²) in [5, 5.41) is 3.83. The highest BCUT2D eigenvalue weighted by Crippen LogP contribution is 2.33. The van der Waals surface area contributed by atoms with Crippen LogP contribution in [0.2, 0.25) is 0 Å². The molecule has 1 aliphatic heterocycles. The van der Waals surface area contributed by atoms with Gasteiger partial charge in [-0.25, -0.2) is 0 Å². The van der Waals surface area contributed by atoms with Crippen LogP contribution < -0.4 is 5.32 Å². The summed E-state index contributed by atoms with van der Waals surface area (Å²) in [6.45, 7) is 16.8. The van der Waals surface area contributed by atoms with Crippen molar-refractivity contribution >= 4 is 0 Å². The summed E-state index contributed by atoms with van der Waals surface area (Å²) in [6.07, 6.45) is 5.71. The summed E-state index contributed by atoms with van der Waals surface area (Å²) < 4.78 is 0. The quantitative estimate of drug-likeness (QED) is 0.825. The molecule has 4 unspecified atom stereocenters. The third-order valence-corrected chi connectivity index (χ3v) is 5.59. The molecule has 0 bridgehead atoms. The van der Waals surface area contributed by atoms with Gasteiger partial charge in [-0.05, 0) is 30.1 Å². The minimum atomic E-state index is 0.362. The molecule has 1 saturated heterocycles. The lowest BCUT2D eigenvalue weighted by molar-refractivity contribution is 0.00958. The molecule has 20 heavy (non-hydrogen) atoms. The lowest BCUT2D eigenvalue weighted by Gasteiger charge is -2.51. The van der Waals surface area contributed by atoms with Crippen LogP contribution in [0.1, 0.15) is 67.2 Å². The smallest absolute Gasteiger partial charge is 0.0247 e. The van der Waals surface area contributed by atoms with Gasteiger partial charge in [0.1, 0.15) is 0 Å². The normalized spacial score (nSPS) is 37.4. The van der Waals surface area contributed by atoms with Crippen molar-refractivity contribution < 1.29 is 0 Å². The highest BCUT2D eigenvalue weighted by atomic mass is 15.3. The van der Waals surface area contributed by atoms with Crippen LogP contribution in [0.5, 0.6) is 0 Å². The van der Waals surface area contributed by atoms with Crippen molar-refractivity contribution in [3.05, 3.63) is 0 Å². The Balaban J connectivity index is 2.10. The van der Waals surface area contributed by atoms with Crippen LogP contribution in [0.15, 0.2) is 0 Å². The molecule has 0 aromatic rings. The molecule has 0 aromatic heterocycles. The van der Waals surface area contributed by atoms with Gasteiger partial charge in [-0.3, -0.25) is 4.90 Å². The maximum atomic E-state index is 3.83. The first-order valence-corrected chi connectivity index (χ1v) is 8.78. The Labute approximate surface area is 126 Å². The van der Waals surface area contributed by atoms with Crippen LogP contribution in [0.25, 0.3) is 0 Å². The van der Waals surface area contributed by atoms with Gasteiger partial charge in [0.15, 0.2) is 0 Å². The van der Waals surface area contributed by atoms with Crippen molar-refractivity contribution in [1.82, 2.24) is 10.2 Å². The molecule has 2 fully saturated rings. The average Bonchev–Trinajstić information content (AvgIpc) is 2.37. The van der Waals surface area contributed by atoms with E-state index < -0.39 is 0 Å². The number of hydrogen-bond acceptors (Lipinski definition) is 2. The van der Waals surface area contributed by atoms with Crippen LogP contribution in [0.4, 0.5) is 0 Å². The van der Waals surface area contributed by atoms with Crippen molar-refractivity contribution in [2.45, 2.75) is 85.4 Å². The first kappa shape index (κ1) is 16.3. The molecule has 2 nitrogen and oxygen atoms in total. The van der Waals surface area contributed by atoms with Crippen LogP contribution in [-0.4, -0.2) is 36.1 Å². The van der Waals surface area contributed by atoms with E-state index in [1.165, 1.54) is 38.8 Å². The number of piperazine rings is 1. The van der Waals surface area contributed by atoms with E-state index >= 15 is 0 Å². The molecule has 0 aromatic carbocycles. The zero-order valence-electron chi connectivity index (χ0n) is 14.6. The molecule has 0 radical (unpaired) electrons. The highest BCUT2D eigenvalue weighted by Gasteiger charge is 2.39. The average molecular weight is 281 g/mol. The Hall–Kier alpha value is -0.0800. The van der Waals surface area contributed by atoms with Gasteiger partial charge in [-0.1, -0.05) is 54.4 Å². The molecule has 1 aliphatic carbocycles. The molecular weight excluding hydrogens is 244 g/mol. The number of nitrogens with one attached hydrogen (secondary N) is 1. The predicted octanol–water partition coefficient (Wildman–Crippen LogP) is 3.91. The molecular formula is C18H36N2. The Morgan fingerprint density at radius 3 is 2.40 bits per heavy atom. The summed E-state index contributed by atoms with van der Waals surface area (Å²) in [7, 11) is 0. The molecule has 2 aliphatic rings. The van der Waals surface area contributed by atoms with E-state index in [9.17, 15) is 0 Å².